The van der Waals surface area contributed by atoms with Gasteiger partial charge in [0.25, 0.3) is 0 Å². The van der Waals surface area contributed by atoms with Crippen molar-refractivity contribution in [3.05, 3.63) is 34.9 Å². The van der Waals surface area contributed by atoms with Crippen LogP contribution in [0, 0.1) is 6.92 Å². The maximum absolute atomic E-state index is 12.6. The molecule has 1 aromatic carbocycles. The lowest BCUT2D eigenvalue weighted by Gasteiger charge is -2.12. The molecule has 110 valence electrons. The van der Waals surface area contributed by atoms with E-state index in [0.717, 1.165) is 18.5 Å². The topological polar surface area (TPSA) is 3.24 Å². The van der Waals surface area contributed by atoms with E-state index in [0.29, 0.717) is 12.0 Å². The van der Waals surface area contributed by atoms with Gasteiger partial charge >= 0.3 is 6.18 Å². The Kier molecular flexibility index (Phi) is 7.76. The molecule has 0 atom stereocenters. The van der Waals surface area contributed by atoms with Gasteiger partial charge in [-0.3, -0.25) is 0 Å². The molecule has 0 spiro atoms. The van der Waals surface area contributed by atoms with E-state index in [1.54, 1.807) is 6.92 Å². The third kappa shape index (κ3) is 7.21. The van der Waals surface area contributed by atoms with E-state index >= 15 is 0 Å². The molecule has 1 rings (SSSR count). The number of alkyl halides is 3. The quantitative estimate of drug-likeness (QED) is 0.780. The van der Waals surface area contributed by atoms with Crippen molar-refractivity contribution in [3.8, 4) is 0 Å². The molecular formula is C15H24F3N. The number of halogens is 3. The standard InChI is InChI=1S/C13H18F3N.C2H6/c1-10-7-11(5-4-6-17(2)3)9-12(8-10)13(14,15)16;1-2/h7-9H,4-6H2,1-3H3;1-2H3. The van der Waals surface area contributed by atoms with E-state index in [9.17, 15) is 13.2 Å². The van der Waals surface area contributed by atoms with Crippen molar-refractivity contribution in [1.82, 2.24) is 4.90 Å². The van der Waals surface area contributed by atoms with Crippen molar-refractivity contribution in [2.45, 2.75) is 39.8 Å². The number of hydrogen-bond donors (Lipinski definition) is 0. The van der Waals surface area contributed by atoms with Crippen LogP contribution >= 0.6 is 0 Å². The maximum atomic E-state index is 12.6. The lowest BCUT2D eigenvalue weighted by molar-refractivity contribution is -0.137. The SMILES string of the molecule is CC.Cc1cc(CCCN(C)C)cc(C(F)(F)F)c1. The summed E-state index contributed by atoms with van der Waals surface area (Å²) in [7, 11) is 3.91. The van der Waals surface area contributed by atoms with Crippen LogP contribution in [0.1, 0.15) is 37.0 Å². The summed E-state index contributed by atoms with van der Waals surface area (Å²) in [4.78, 5) is 2.03. The van der Waals surface area contributed by atoms with Crippen LogP contribution in [0.2, 0.25) is 0 Å². The smallest absolute Gasteiger partial charge is 0.309 e. The lowest BCUT2D eigenvalue weighted by Crippen LogP contribution is -2.13. The first-order valence-corrected chi connectivity index (χ1v) is 6.61. The molecule has 0 aromatic heterocycles. The summed E-state index contributed by atoms with van der Waals surface area (Å²) in [6.45, 7) is 6.58. The van der Waals surface area contributed by atoms with Crippen LogP contribution < -0.4 is 0 Å². The summed E-state index contributed by atoms with van der Waals surface area (Å²) in [5.41, 5.74) is 0.885. The maximum Gasteiger partial charge on any atom is 0.416 e. The van der Waals surface area contributed by atoms with Crippen LogP contribution in [0.3, 0.4) is 0 Å². The molecule has 0 N–H and O–H groups in total. The fraction of sp³-hybridized carbons (Fsp3) is 0.600. The van der Waals surface area contributed by atoms with Crippen LogP contribution in [0.25, 0.3) is 0 Å². The molecule has 0 unspecified atom stereocenters. The predicted molar refractivity (Wildman–Crippen MR) is 74.4 cm³/mol. The monoisotopic (exact) mass is 275 g/mol. The Bertz CT molecular complexity index is 370. The highest BCUT2D eigenvalue weighted by Gasteiger charge is 2.30. The van der Waals surface area contributed by atoms with Gasteiger partial charge in [0, 0.05) is 0 Å². The highest BCUT2D eigenvalue weighted by Crippen LogP contribution is 2.30. The molecule has 1 aromatic rings. The summed E-state index contributed by atoms with van der Waals surface area (Å²) < 4.78 is 37.8. The van der Waals surface area contributed by atoms with Crippen LogP contribution in [-0.2, 0) is 12.6 Å². The van der Waals surface area contributed by atoms with E-state index in [2.05, 4.69) is 0 Å². The van der Waals surface area contributed by atoms with Gasteiger partial charge in [-0.15, -0.1) is 0 Å². The molecule has 0 saturated carbocycles. The summed E-state index contributed by atoms with van der Waals surface area (Å²) in [5.74, 6) is 0. The van der Waals surface area contributed by atoms with E-state index in [-0.39, 0.29) is 0 Å². The Morgan fingerprint density at radius 3 is 2.11 bits per heavy atom. The van der Waals surface area contributed by atoms with Gasteiger partial charge in [0.05, 0.1) is 5.56 Å². The van der Waals surface area contributed by atoms with Crippen molar-refractivity contribution >= 4 is 0 Å². The fourth-order valence-electron chi connectivity index (χ4n) is 1.77. The molecule has 1 nitrogen and oxygen atoms in total. The van der Waals surface area contributed by atoms with Gasteiger partial charge in [-0.1, -0.05) is 25.5 Å². The number of benzene rings is 1. The number of nitrogens with zero attached hydrogens (tertiary/aromatic N) is 1. The summed E-state index contributed by atoms with van der Waals surface area (Å²) in [5, 5.41) is 0. The van der Waals surface area contributed by atoms with Crippen molar-refractivity contribution in [3.63, 3.8) is 0 Å². The second kappa shape index (κ2) is 8.20. The molecule has 0 saturated heterocycles. The molecule has 0 radical (unpaired) electrons. The van der Waals surface area contributed by atoms with Crippen LogP contribution in [0.5, 0.6) is 0 Å². The van der Waals surface area contributed by atoms with Crippen molar-refractivity contribution in [2.24, 2.45) is 0 Å². The molecule has 0 amide bonds. The Balaban J connectivity index is 0.00000154. The Morgan fingerprint density at radius 1 is 1.05 bits per heavy atom. The second-order valence-electron chi connectivity index (χ2n) is 4.61. The minimum atomic E-state index is -4.25. The molecule has 4 heteroatoms. The molecule has 0 fully saturated rings. The van der Waals surface area contributed by atoms with E-state index in [1.807, 2.05) is 38.9 Å². The zero-order valence-corrected chi connectivity index (χ0v) is 12.4. The minimum absolute atomic E-state index is 0.544. The van der Waals surface area contributed by atoms with Gasteiger partial charge < -0.3 is 4.90 Å². The van der Waals surface area contributed by atoms with Gasteiger partial charge in [-0.25, -0.2) is 0 Å². The average Bonchev–Trinajstić information content (AvgIpc) is 2.29. The molecule has 0 bridgehead atoms. The molecule has 0 aliphatic rings. The molecule has 19 heavy (non-hydrogen) atoms. The highest BCUT2D eigenvalue weighted by atomic mass is 19.4. The Labute approximate surface area is 114 Å². The zero-order valence-electron chi connectivity index (χ0n) is 12.4. The molecule has 0 heterocycles. The third-order valence-corrected chi connectivity index (χ3v) is 2.54. The molecule has 0 aliphatic heterocycles. The Morgan fingerprint density at radius 2 is 1.63 bits per heavy atom. The first kappa shape index (κ1) is 18.0. The van der Waals surface area contributed by atoms with Crippen molar-refractivity contribution in [2.75, 3.05) is 20.6 Å². The van der Waals surface area contributed by atoms with Gasteiger partial charge in [0.2, 0.25) is 0 Å². The first-order valence-electron chi connectivity index (χ1n) is 6.61. The van der Waals surface area contributed by atoms with Gasteiger partial charge in [0.15, 0.2) is 0 Å². The van der Waals surface area contributed by atoms with E-state index < -0.39 is 11.7 Å². The van der Waals surface area contributed by atoms with Crippen LogP contribution in [0.4, 0.5) is 13.2 Å². The first-order chi connectivity index (χ1) is 8.79. The zero-order chi connectivity index (χ0) is 15.1. The number of hydrogen-bond acceptors (Lipinski definition) is 1. The van der Waals surface area contributed by atoms with E-state index in [4.69, 9.17) is 0 Å². The van der Waals surface area contributed by atoms with Crippen molar-refractivity contribution < 1.29 is 13.2 Å². The normalized spacial score (nSPS) is 11.2. The largest absolute Gasteiger partial charge is 0.416 e. The number of aryl methyl sites for hydroxylation is 2. The average molecular weight is 275 g/mol. The highest BCUT2D eigenvalue weighted by molar-refractivity contribution is 5.31. The van der Waals surface area contributed by atoms with Crippen molar-refractivity contribution in [1.29, 1.82) is 0 Å². The van der Waals surface area contributed by atoms with E-state index in [1.165, 1.54) is 12.1 Å². The Hall–Kier alpha value is -1.03. The molecular weight excluding hydrogens is 251 g/mol. The van der Waals surface area contributed by atoms with Gasteiger partial charge in [-0.05, 0) is 58.1 Å². The van der Waals surface area contributed by atoms with Gasteiger partial charge in [0.1, 0.15) is 0 Å². The number of rotatable bonds is 4. The van der Waals surface area contributed by atoms with Crippen LogP contribution in [0.15, 0.2) is 18.2 Å². The summed E-state index contributed by atoms with van der Waals surface area (Å²) in [6.07, 6.45) is -2.70. The summed E-state index contributed by atoms with van der Waals surface area (Å²) in [6, 6.07) is 4.27. The fourth-order valence-corrected chi connectivity index (χ4v) is 1.77. The minimum Gasteiger partial charge on any atom is -0.309 e. The predicted octanol–water partition coefficient (Wildman–Crippen LogP) is 4.53. The summed E-state index contributed by atoms with van der Waals surface area (Å²) >= 11 is 0. The lowest BCUT2D eigenvalue weighted by atomic mass is 10.0. The van der Waals surface area contributed by atoms with Crippen LogP contribution in [-0.4, -0.2) is 25.5 Å². The van der Waals surface area contributed by atoms with Gasteiger partial charge in [-0.2, -0.15) is 13.2 Å². The molecule has 0 aliphatic carbocycles. The second-order valence-corrected chi connectivity index (χ2v) is 4.61. The third-order valence-electron chi connectivity index (χ3n) is 2.54.